The molecule has 0 atom stereocenters. The van der Waals surface area contributed by atoms with E-state index in [0.717, 1.165) is 0 Å². The molecule has 1 aliphatic rings. The highest BCUT2D eigenvalue weighted by Gasteiger charge is 2.22. The molecule has 2 N–H and O–H groups in total. The van der Waals surface area contributed by atoms with Gasteiger partial charge in [-0.3, -0.25) is 15.0 Å². The molecular formula is C13H21N5O2S. The molecule has 3 amide bonds. The smallest absolute Gasteiger partial charge is 0.323 e. The van der Waals surface area contributed by atoms with Crippen molar-refractivity contribution in [3.63, 3.8) is 0 Å². The Labute approximate surface area is 128 Å². The summed E-state index contributed by atoms with van der Waals surface area (Å²) in [7, 11) is 0. The van der Waals surface area contributed by atoms with E-state index in [1.54, 1.807) is 11.1 Å². The van der Waals surface area contributed by atoms with E-state index in [4.69, 9.17) is 0 Å². The minimum Gasteiger partial charge on any atom is -0.353 e. The van der Waals surface area contributed by atoms with Crippen LogP contribution in [-0.2, 0) is 4.79 Å². The molecule has 0 aromatic carbocycles. The summed E-state index contributed by atoms with van der Waals surface area (Å²) in [6, 6.07) is 0.0269. The second kappa shape index (κ2) is 7.37. The van der Waals surface area contributed by atoms with Crippen LogP contribution in [0, 0.1) is 0 Å². The van der Waals surface area contributed by atoms with Gasteiger partial charge in [-0.25, -0.2) is 9.78 Å². The molecule has 1 saturated heterocycles. The number of hydrogen-bond acceptors (Lipinski definition) is 5. The topological polar surface area (TPSA) is 77.6 Å². The fraction of sp³-hybridized carbons (Fsp3) is 0.615. The van der Waals surface area contributed by atoms with E-state index in [1.807, 2.05) is 19.2 Å². The first-order valence-corrected chi connectivity index (χ1v) is 7.89. The van der Waals surface area contributed by atoms with Crippen molar-refractivity contribution >= 4 is 28.4 Å². The van der Waals surface area contributed by atoms with Gasteiger partial charge >= 0.3 is 6.03 Å². The predicted octanol–water partition coefficient (Wildman–Crippen LogP) is 0.817. The minimum atomic E-state index is -0.128. The quantitative estimate of drug-likeness (QED) is 0.863. The van der Waals surface area contributed by atoms with Gasteiger partial charge in [-0.1, -0.05) is 0 Å². The molecule has 0 aliphatic carbocycles. The van der Waals surface area contributed by atoms with Crippen molar-refractivity contribution in [2.24, 2.45) is 0 Å². The lowest BCUT2D eigenvalue weighted by Gasteiger charge is -2.34. The van der Waals surface area contributed by atoms with Crippen molar-refractivity contribution in [3.8, 4) is 0 Å². The zero-order valence-electron chi connectivity index (χ0n) is 12.3. The van der Waals surface area contributed by atoms with E-state index in [0.29, 0.717) is 37.9 Å². The minimum absolute atomic E-state index is 0.0330. The summed E-state index contributed by atoms with van der Waals surface area (Å²) >= 11 is 1.40. The molecule has 1 aliphatic heterocycles. The van der Waals surface area contributed by atoms with Gasteiger partial charge in [0.05, 0.1) is 6.54 Å². The van der Waals surface area contributed by atoms with Crippen LogP contribution in [0.5, 0.6) is 0 Å². The summed E-state index contributed by atoms with van der Waals surface area (Å²) in [4.78, 5) is 31.6. The number of carbonyl (C=O) groups is 2. The summed E-state index contributed by atoms with van der Waals surface area (Å²) in [5.74, 6) is 0.0330. The maximum absolute atomic E-state index is 12.0. The average molecular weight is 311 g/mol. The maximum Gasteiger partial charge on any atom is 0.323 e. The van der Waals surface area contributed by atoms with Crippen LogP contribution in [0.25, 0.3) is 0 Å². The summed E-state index contributed by atoms with van der Waals surface area (Å²) in [6.07, 6.45) is 1.66. The molecule has 0 bridgehead atoms. The van der Waals surface area contributed by atoms with Crippen LogP contribution in [0.1, 0.15) is 13.8 Å². The van der Waals surface area contributed by atoms with Crippen molar-refractivity contribution in [3.05, 3.63) is 11.6 Å². The summed E-state index contributed by atoms with van der Waals surface area (Å²) in [5, 5.41) is 8.07. The van der Waals surface area contributed by atoms with Gasteiger partial charge in [-0.05, 0) is 13.8 Å². The van der Waals surface area contributed by atoms with Gasteiger partial charge in [0.2, 0.25) is 5.91 Å². The van der Waals surface area contributed by atoms with Crippen molar-refractivity contribution in [1.82, 2.24) is 20.1 Å². The number of carbonyl (C=O) groups excluding carboxylic acids is 2. The molecule has 0 spiro atoms. The largest absolute Gasteiger partial charge is 0.353 e. The first-order valence-electron chi connectivity index (χ1n) is 7.01. The number of thiazole rings is 1. The monoisotopic (exact) mass is 311 g/mol. The van der Waals surface area contributed by atoms with Crippen LogP contribution in [0.4, 0.5) is 9.93 Å². The number of nitrogens with zero attached hydrogens (tertiary/aromatic N) is 3. The van der Waals surface area contributed by atoms with Crippen LogP contribution in [-0.4, -0.2) is 65.5 Å². The molecule has 0 unspecified atom stereocenters. The Bertz CT molecular complexity index is 469. The zero-order valence-corrected chi connectivity index (χ0v) is 13.2. The maximum atomic E-state index is 12.0. The predicted molar refractivity (Wildman–Crippen MR) is 82.4 cm³/mol. The lowest BCUT2D eigenvalue weighted by atomic mass is 10.3. The van der Waals surface area contributed by atoms with E-state index in [1.165, 1.54) is 11.3 Å². The van der Waals surface area contributed by atoms with E-state index >= 15 is 0 Å². The number of hydrogen-bond donors (Lipinski definition) is 2. The molecule has 1 fully saturated rings. The van der Waals surface area contributed by atoms with Crippen LogP contribution in [0.2, 0.25) is 0 Å². The fourth-order valence-electron chi connectivity index (χ4n) is 2.14. The molecule has 8 heteroatoms. The van der Waals surface area contributed by atoms with E-state index in [2.05, 4.69) is 20.5 Å². The molecule has 2 heterocycles. The molecule has 21 heavy (non-hydrogen) atoms. The summed E-state index contributed by atoms with van der Waals surface area (Å²) < 4.78 is 0. The Morgan fingerprint density at radius 3 is 2.62 bits per heavy atom. The van der Waals surface area contributed by atoms with Crippen molar-refractivity contribution in [2.45, 2.75) is 19.9 Å². The van der Waals surface area contributed by atoms with Crippen LogP contribution in [0.3, 0.4) is 0 Å². The molecule has 1 aromatic rings. The number of amides is 3. The Morgan fingerprint density at radius 1 is 1.33 bits per heavy atom. The van der Waals surface area contributed by atoms with E-state index in [9.17, 15) is 9.59 Å². The molecule has 116 valence electrons. The Morgan fingerprint density at radius 2 is 2.05 bits per heavy atom. The van der Waals surface area contributed by atoms with Crippen LogP contribution < -0.4 is 10.6 Å². The highest BCUT2D eigenvalue weighted by molar-refractivity contribution is 7.13. The third-order valence-corrected chi connectivity index (χ3v) is 3.81. The van der Waals surface area contributed by atoms with Gasteiger partial charge in [-0.2, -0.15) is 0 Å². The Hall–Kier alpha value is -1.67. The lowest BCUT2D eigenvalue weighted by molar-refractivity contribution is -0.123. The normalized spacial score (nSPS) is 16.0. The Kier molecular flexibility index (Phi) is 5.51. The van der Waals surface area contributed by atoms with E-state index in [-0.39, 0.29) is 18.0 Å². The SMILES string of the molecule is CC(C)NC(=O)CN1CCN(C(=O)Nc2nccs2)CC1. The third-order valence-electron chi connectivity index (χ3n) is 3.12. The standard InChI is InChI=1S/C13H21N5O2S/c1-10(2)15-11(19)9-17-4-6-18(7-5-17)13(20)16-12-14-3-8-21-12/h3,8,10H,4-7,9H2,1-2H3,(H,15,19)(H,14,16,20). The first kappa shape index (κ1) is 15.7. The molecular weight excluding hydrogens is 290 g/mol. The van der Waals surface area contributed by atoms with Crippen LogP contribution in [0.15, 0.2) is 11.6 Å². The highest BCUT2D eigenvalue weighted by atomic mass is 32.1. The van der Waals surface area contributed by atoms with Gasteiger partial charge in [0.15, 0.2) is 5.13 Å². The zero-order chi connectivity index (χ0) is 15.2. The van der Waals surface area contributed by atoms with Crippen molar-refractivity contribution < 1.29 is 9.59 Å². The lowest BCUT2D eigenvalue weighted by Crippen LogP contribution is -2.52. The van der Waals surface area contributed by atoms with Gasteiger partial charge < -0.3 is 10.2 Å². The van der Waals surface area contributed by atoms with Gasteiger partial charge in [0.25, 0.3) is 0 Å². The second-order valence-electron chi connectivity index (χ2n) is 5.25. The fourth-order valence-corrected chi connectivity index (χ4v) is 2.65. The number of anilines is 1. The van der Waals surface area contributed by atoms with Crippen LogP contribution >= 0.6 is 11.3 Å². The van der Waals surface area contributed by atoms with Crippen molar-refractivity contribution in [1.29, 1.82) is 0 Å². The molecule has 2 rings (SSSR count). The summed E-state index contributed by atoms with van der Waals surface area (Å²) in [6.45, 7) is 6.92. The molecule has 0 saturated carbocycles. The van der Waals surface area contributed by atoms with E-state index < -0.39 is 0 Å². The number of rotatable bonds is 4. The van der Waals surface area contributed by atoms with Gasteiger partial charge in [0, 0.05) is 43.8 Å². The molecule has 7 nitrogen and oxygen atoms in total. The average Bonchev–Trinajstić information content (AvgIpc) is 2.91. The second-order valence-corrected chi connectivity index (χ2v) is 6.15. The number of nitrogens with one attached hydrogen (secondary N) is 2. The number of urea groups is 1. The highest BCUT2D eigenvalue weighted by Crippen LogP contribution is 2.12. The molecule has 1 aromatic heterocycles. The van der Waals surface area contributed by atoms with Gasteiger partial charge in [-0.15, -0.1) is 11.3 Å². The van der Waals surface area contributed by atoms with Crippen molar-refractivity contribution in [2.75, 3.05) is 38.0 Å². The molecule has 0 radical (unpaired) electrons. The number of piperazine rings is 1. The Balaban J connectivity index is 1.72. The first-order chi connectivity index (χ1) is 10.0. The third kappa shape index (κ3) is 4.98. The summed E-state index contributed by atoms with van der Waals surface area (Å²) in [5.41, 5.74) is 0. The van der Waals surface area contributed by atoms with Gasteiger partial charge in [0.1, 0.15) is 0 Å². The number of aromatic nitrogens is 1.